The summed E-state index contributed by atoms with van der Waals surface area (Å²) in [5, 5.41) is 12.3. The van der Waals surface area contributed by atoms with Crippen molar-refractivity contribution in [3.63, 3.8) is 0 Å². The molecule has 2 fully saturated rings. The highest BCUT2D eigenvalue weighted by atomic mass is 16.4. The Balaban J connectivity index is 1.58. The molecule has 1 aromatic rings. The summed E-state index contributed by atoms with van der Waals surface area (Å²) in [7, 11) is 0. The van der Waals surface area contributed by atoms with Crippen LogP contribution >= 0.6 is 0 Å². The average molecular weight is 358 g/mol. The Labute approximate surface area is 153 Å². The van der Waals surface area contributed by atoms with Crippen molar-refractivity contribution in [2.24, 2.45) is 5.92 Å². The van der Waals surface area contributed by atoms with Gasteiger partial charge in [-0.3, -0.25) is 9.59 Å². The van der Waals surface area contributed by atoms with E-state index in [1.807, 2.05) is 12.1 Å². The maximum Gasteiger partial charge on any atom is 0.326 e. The topological polar surface area (TPSA) is 86.7 Å². The fraction of sp³-hybridized carbons (Fsp3) is 0.550. The highest BCUT2D eigenvalue weighted by Gasteiger charge is 2.32. The fourth-order valence-corrected chi connectivity index (χ4v) is 3.88. The average Bonchev–Trinajstić information content (AvgIpc) is 3.21. The van der Waals surface area contributed by atoms with E-state index < -0.39 is 12.0 Å². The third kappa shape index (κ3) is 4.23. The first kappa shape index (κ1) is 18.4. The number of likely N-dealkylation sites (tertiary alicyclic amines) is 1. The molecule has 1 aliphatic heterocycles. The van der Waals surface area contributed by atoms with Crippen LogP contribution < -0.4 is 5.32 Å². The van der Waals surface area contributed by atoms with Crippen molar-refractivity contribution < 1.29 is 19.5 Å². The molecule has 0 bridgehead atoms. The van der Waals surface area contributed by atoms with Crippen LogP contribution in [0.5, 0.6) is 0 Å². The predicted molar refractivity (Wildman–Crippen MR) is 96.6 cm³/mol. The normalized spacial score (nSPS) is 20.8. The highest BCUT2D eigenvalue weighted by Crippen LogP contribution is 2.25. The molecule has 1 aliphatic carbocycles. The Morgan fingerprint density at radius 1 is 1.00 bits per heavy atom. The molecule has 0 spiro atoms. The smallest absolute Gasteiger partial charge is 0.326 e. The van der Waals surface area contributed by atoms with Crippen LogP contribution in [0.1, 0.15) is 60.9 Å². The fourth-order valence-electron chi connectivity index (χ4n) is 3.88. The number of carbonyl (C=O) groups excluding carboxylic acids is 2. The van der Waals surface area contributed by atoms with Crippen LogP contribution in [0, 0.1) is 5.92 Å². The molecule has 1 aromatic carbocycles. The molecule has 2 amide bonds. The van der Waals surface area contributed by atoms with Crippen molar-refractivity contribution >= 4 is 17.8 Å². The van der Waals surface area contributed by atoms with Gasteiger partial charge in [0.05, 0.1) is 0 Å². The maximum atomic E-state index is 12.7. The second-order valence-electron chi connectivity index (χ2n) is 7.24. The minimum Gasteiger partial charge on any atom is -0.480 e. The molecule has 1 unspecified atom stereocenters. The molecule has 6 nitrogen and oxygen atoms in total. The van der Waals surface area contributed by atoms with Crippen molar-refractivity contribution in [1.82, 2.24) is 10.2 Å². The lowest BCUT2D eigenvalue weighted by atomic mass is 10.0. The van der Waals surface area contributed by atoms with Crippen LogP contribution in [0.25, 0.3) is 0 Å². The van der Waals surface area contributed by atoms with Crippen LogP contribution in [0.3, 0.4) is 0 Å². The number of aliphatic carboxylic acids is 1. The summed E-state index contributed by atoms with van der Waals surface area (Å²) in [6.45, 7) is 0.931. The molecule has 6 heteroatoms. The Morgan fingerprint density at radius 2 is 1.65 bits per heavy atom. The van der Waals surface area contributed by atoms with Gasteiger partial charge in [0.2, 0.25) is 5.91 Å². The van der Waals surface area contributed by atoms with Crippen LogP contribution in [-0.2, 0) is 16.1 Å². The van der Waals surface area contributed by atoms with Gasteiger partial charge in [0.25, 0.3) is 5.91 Å². The lowest BCUT2D eigenvalue weighted by Gasteiger charge is -2.33. The first-order valence-corrected chi connectivity index (χ1v) is 9.46. The summed E-state index contributed by atoms with van der Waals surface area (Å²) in [6, 6.07) is 6.34. The molecule has 0 aromatic heterocycles. The molecule has 26 heavy (non-hydrogen) atoms. The molecular weight excluding hydrogens is 332 g/mol. The van der Waals surface area contributed by atoms with E-state index in [2.05, 4.69) is 5.32 Å². The van der Waals surface area contributed by atoms with Gasteiger partial charge in [-0.1, -0.05) is 25.0 Å². The lowest BCUT2D eigenvalue weighted by Crippen LogP contribution is -2.47. The summed E-state index contributed by atoms with van der Waals surface area (Å²) in [5.74, 6) is -0.925. The molecule has 1 saturated heterocycles. The number of nitrogens with zero attached hydrogens (tertiary/aromatic N) is 1. The highest BCUT2D eigenvalue weighted by molar-refractivity contribution is 5.96. The van der Waals surface area contributed by atoms with Gasteiger partial charge in [-0.15, -0.1) is 0 Å². The van der Waals surface area contributed by atoms with Crippen molar-refractivity contribution in [3.8, 4) is 0 Å². The van der Waals surface area contributed by atoms with Crippen LogP contribution in [0.15, 0.2) is 24.3 Å². The predicted octanol–water partition coefficient (Wildman–Crippen LogP) is 2.57. The first-order chi connectivity index (χ1) is 12.6. The number of benzene rings is 1. The van der Waals surface area contributed by atoms with Gasteiger partial charge < -0.3 is 15.3 Å². The third-order valence-corrected chi connectivity index (χ3v) is 5.44. The largest absolute Gasteiger partial charge is 0.480 e. The summed E-state index contributed by atoms with van der Waals surface area (Å²) in [6.07, 6.45) is 6.37. The SMILES string of the molecule is O=C(NCc1ccc(C(=O)N2CCCCC2C(=O)O)cc1)C1CCCC1. The van der Waals surface area contributed by atoms with E-state index in [1.165, 1.54) is 4.90 Å². The van der Waals surface area contributed by atoms with E-state index in [1.54, 1.807) is 12.1 Å². The van der Waals surface area contributed by atoms with E-state index in [4.69, 9.17) is 0 Å². The standard InChI is InChI=1S/C20H26N2O4/c23-18(15-5-1-2-6-15)21-13-14-8-10-16(11-9-14)19(24)22-12-4-3-7-17(22)20(25)26/h8-11,15,17H,1-7,12-13H2,(H,21,23)(H,25,26). The zero-order chi connectivity index (χ0) is 18.5. The van der Waals surface area contributed by atoms with Crippen LogP contribution in [0.4, 0.5) is 0 Å². The number of carbonyl (C=O) groups is 3. The van der Waals surface area contributed by atoms with Crippen LogP contribution in [-0.4, -0.2) is 40.4 Å². The second kappa shape index (κ2) is 8.34. The van der Waals surface area contributed by atoms with Crippen molar-refractivity contribution in [2.75, 3.05) is 6.54 Å². The van der Waals surface area contributed by atoms with Crippen molar-refractivity contribution in [2.45, 2.75) is 57.5 Å². The zero-order valence-electron chi connectivity index (χ0n) is 14.9. The van der Waals surface area contributed by atoms with E-state index in [9.17, 15) is 19.5 Å². The number of rotatable bonds is 5. The van der Waals surface area contributed by atoms with Crippen molar-refractivity contribution in [3.05, 3.63) is 35.4 Å². The molecule has 2 N–H and O–H groups in total. The number of piperidine rings is 1. The molecule has 140 valence electrons. The van der Waals surface area contributed by atoms with E-state index in [-0.39, 0.29) is 17.7 Å². The minimum atomic E-state index is -0.940. The van der Waals surface area contributed by atoms with Crippen LogP contribution in [0.2, 0.25) is 0 Å². The van der Waals surface area contributed by atoms with Gasteiger partial charge in [-0.25, -0.2) is 4.79 Å². The molecule has 1 saturated carbocycles. The summed E-state index contributed by atoms with van der Waals surface area (Å²) in [4.78, 5) is 37.6. The van der Waals surface area contributed by atoms with Gasteiger partial charge in [0, 0.05) is 24.6 Å². The number of hydrogen-bond donors (Lipinski definition) is 2. The Morgan fingerprint density at radius 3 is 2.31 bits per heavy atom. The summed E-state index contributed by atoms with van der Waals surface area (Å²) >= 11 is 0. The lowest BCUT2D eigenvalue weighted by molar-refractivity contribution is -0.143. The molecule has 1 heterocycles. The molecule has 0 radical (unpaired) electrons. The molecular formula is C20H26N2O4. The quantitative estimate of drug-likeness (QED) is 0.847. The van der Waals surface area contributed by atoms with Crippen molar-refractivity contribution in [1.29, 1.82) is 0 Å². The number of amides is 2. The summed E-state index contributed by atoms with van der Waals surface area (Å²) in [5.41, 5.74) is 1.42. The monoisotopic (exact) mass is 358 g/mol. The third-order valence-electron chi connectivity index (χ3n) is 5.44. The molecule has 1 atom stereocenters. The number of carboxylic acids is 1. The van der Waals surface area contributed by atoms with E-state index in [0.29, 0.717) is 25.1 Å². The Bertz CT molecular complexity index is 665. The minimum absolute atomic E-state index is 0.111. The zero-order valence-corrected chi connectivity index (χ0v) is 14.9. The van der Waals surface area contributed by atoms with Gasteiger partial charge in [-0.05, 0) is 49.8 Å². The summed E-state index contributed by atoms with van der Waals surface area (Å²) < 4.78 is 0. The maximum absolute atomic E-state index is 12.7. The van der Waals surface area contributed by atoms with E-state index in [0.717, 1.165) is 44.1 Å². The van der Waals surface area contributed by atoms with Gasteiger partial charge in [0.1, 0.15) is 6.04 Å². The van der Waals surface area contributed by atoms with Gasteiger partial charge in [0.15, 0.2) is 0 Å². The van der Waals surface area contributed by atoms with Gasteiger partial charge >= 0.3 is 5.97 Å². The Kier molecular flexibility index (Phi) is 5.91. The van der Waals surface area contributed by atoms with E-state index >= 15 is 0 Å². The number of carboxylic acid groups (broad SMARTS) is 1. The molecule has 3 rings (SSSR count). The molecule has 2 aliphatic rings. The van der Waals surface area contributed by atoms with Gasteiger partial charge in [-0.2, -0.15) is 0 Å². The number of nitrogens with one attached hydrogen (secondary N) is 1. The first-order valence-electron chi connectivity index (χ1n) is 9.46. The second-order valence-corrected chi connectivity index (χ2v) is 7.24. The number of hydrogen-bond acceptors (Lipinski definition) is 3. The Hall–Kier alpha value is -2.37.